The average molecular weight is 343 g/mol. The van der Waals surface area contributed by atoms with Crippen LogP contribution in [0.15, 0.2) is 45.3 Å². The number of rotatable bonds is 2. The normalized spacial score (nSPS) is 15.9. The van der Waals surface area contributed by atoms with Crippen LogP contribution in [0.25, 0.3) is 22.2 Å². The summed E-state index contributed by atoms with van der Waals surface area (Å²) in [6.45, 7) is 0. The van der Waals surface area contributed by atoms with Crippen molar-refractivity contribution < 1.29 is 4.42 Å². The maximum absolute atomic E-state index is 5.89. The van der Waals surface area contributed by atoms with Crippen molar-refractivity contribution in [1.29, 1.82) is 0 Å². The highest BCUT2D eigenvalue weighted by atomic mass is 79.9. The molecule has 4 heteroatoms. The molecule has 21 heavy (non-hydrogen) atoms. The summed E-state index contributed by atoms with van der Waals surface area (Å²) in [6.07, 6.45) is 4.89. The lowest BCUT2D eigenvalue weighted by Gasteiger charge is -2.02. The second kappa shape index (κ2) is 5.26. The van der Waals surface area contributed by atoms with Gasteiger partial charge in [0.15, 0.2) is 0 Å². The van der Waals surface area contributed by atoms with E-state index in [1.54, 1.807) is 0 Å². The number of hydrogen-bond donors (Lipinski definition) is 0. The van der Waals surface area contributed by atoms with Crippen LogP contribution in [-0.2, 0) is 0 Å². The summed E-state index contributed by atoms with van der Waals surface area (Å²) in [4.78, 5) is 0. The predicted molar refractivity (Wildman–Crippen MR) is 86.1 cm³/mol. The highest BCUT2D eigenvalue weighted by Crippen LogP contribution is 2.34. The molecule has 1 heterocycles. The van der Waals surface area contributed by atoms with Gasteiger partial charge in [0.05, 0.1) is 0 Å². The van der Waals surface area contributed by atoms with E-state index in [0.717, 1.165) is 15.9 Å². The number of aromatic nitrogens is 2. The first kappa shape index (κ1) is 13.0. The van der Waals surface area contributed by atoms with Gasteiger partial charge >= 0.3 is 0 Å². The molecule has 106 valence electrons. The van der Waals surface area contributed by atoms with Crippen molar-refractivity contribution >= 4 is 26.7 Å². The van der Waals surface area contributed by atoms with Crippen molar-refractivity contribution in [2.24, 2.45) is 0 Å². The molecule has 1 aromatic heterocycles. The van der Waals surface area contributed by atoms with Gasteiger partial charge in [0, 0.05) is 16.0 Å². The fraction of sp³-hybridized carbons (Fsp3) is 0.294. The quantitative estimate of drug-likeness (QED) is 0.633. The fourth-order valence-electron chi connectivity index (χ4n) is 3.04. The number of fused-ring (bicyclic) bond motifs is 1. The average Bonchev–Trinajstić information content (AvgIpc) is 3.17. The zero-order valence-corrected chi connectivity index (χ0v) is 13.1. The molecule has 0 unspecified atom stereocenters. The lowest BCUT2D eigenvalue weighted by Crippen LogP contribution is -1.91. The van der Waals surface area contributed by atoms with Gasteiger partial charge in [-0.25, -0.2) is 0 Å². The van der Waals surface area contributed by atoms with Crippen LogP contribution in [0.1, 0.15) is 37.5 Å². The third-order valence-corrected chi connectivity index (χ3v) is 4.69. The molecule has 3 nitrogen and oxygen atoms in total. The molecule has 1 aliphatic rings. The smallest absolute Gasteiger partial charge is 0.247 e. The van der Waals surface area contributed by atoms with Crippen molar-refractivity contribution in [1.82, 2.24) is 10.2 Å². The lowest BCUT2D eigenvalue weighted by molar-refractivity contribution is 0.457. The Morgan fingerprint density at radius 3 is 2.57 bits per heavy atom. The third-order valence-electron chi connectivity index (χ3n) is 4.19. The highest BCUT2D eigenvalue weighted by molar-refractivity contribution is 9.10. The molecular weight excluding hydrogens is 328 g/mol. The van der Waals surface area contributed by atoms with E-state index < -0.39 is 0 Å². The van der Waals surface area contributed by atoms with E-state index in [9.17, 15) is 0 Å². The second-order valence-corrected chi connectivity index (χ2v) is 6.55. The molecule has 0 spiro atoms. The Morgan fingerprint density at radius 2 is 1.71 bits per heavy atom. The van der Waals surface area contributed by atoms with E-state index in [-0.39, 0.29) is 0 Å². The van der Waals surface area contributed by atoms with Crippen molar-refractivity contribution in [2.75, 3.05) is 0 Å². The van der Waals surface area contributed by atoms with Crippen molar-refractivity contribution in [3.05, 3.63) is 46.8 Å². The van der Waals surface area contributed by atoms with Gasteiger partial charge in [-0.05, 0) is 47.9 Å². The van der Waals surface area contributed by atoms with Crippen molar-refractivity contribution in [3.63, 3.8) is 0 Å². The van der Waals surface area contributed by atoms with Crippen LogP contribution in [0.3, 0.4) is 0 Å². The molecule has 0 amide bonds. The van der Waals surface area contributed by atoms with Gasteiger partial charge in [0.25, 0.3) is 0 Å². The summed E-state index contributed by atoms with van der Waals surface area (Å²) < 4.78 is 6.98. The zero-order valence-electron chi connectivity index (χ0n) is 11.6. The van der Waals surface area contributed by atoms with E-state index in [4.69, 9.17) is 4.42 Å². The topological polar surface area (TPSA) is 38.9 Å². The predicted octanol–water partition coefficient (Wildman–Crippen LogP) is 5.31. The minimum atomic E-state index is 0.461. The Kier molecular flexibility index (Phi) is 3.26. The van der Waals surface area contributed by atoms with Crippen LogP contribution < -0.4 is 0 Å². The lowest BCUT2D eigenvalue weighted by atomic mass is 10.1. The van der Waals surface area contributed by atoms with Gasteiger partial charge in [-0.1, -0.05) is 40.9 Å². The Labute approximate surface area is 131 Å². The van der Waals surface area contributed by atoms with Gasteiger partial charge in [-0.2, -0.15) is 0 Å². The van der Waals surface area contributed by atoms with Gasteiger partial charge < -0.3 is 4.42 Å². The van der Waals surface area contributed by atoms with E-state index in [2.05, 4.69) is 50.4 Å². The summed E-state index contributed by atoms with van der Waals surface area (Å²) >= 11 is 3.50. The molecule has 1 saturated carbocycles. The molecule has 0 radical (unpaired) electrons. The first-order valence-electron chi connectivity index (χ1n) is 7.33. The van der Waals surface area contributed by atoms with Gasteiger partial charge in [-0.15, -0.1) is 10.2 Å². The molecule has 3 aromatic rings. The molecule has 0 aliphatic heterocycles. The van der Waals surface area contributed by atoms with Gasteiger partial charge in [0.1, 0.15) is 0 Å². The number of halogens is 1. The van der Waals surface area contributed by atoms with Crippen molar-refractivity contribution in [2.45, 2.75) is 31.6 Å². The molecule has 0 atom stereocenters. The minimum absolute atomic E-state index is 0.461. The van der Waals surface area contributed by atoms with Crippen LogP contribution in [0.5, 0.6) is 0 Å². The minimum Gasteiger partial charge on any atom is -0.420 e. The summed E-state index contributed by atoms with van der Waals surface area (Å²) in [5.74, 6) is 1.89. The monoisotopic (exact) mass is 342 g/mol. The number of nitrogens with zero attached hydrogens (tertiary/aromatic N) is 2. The maximum Gasteiger partial charge on any atom is 0.247 e. The Bertz CT molecular complexity index is 790. The third kappa shape index (κ3) is 2.48. The van der Waals surface area contributed by atoms with Crippen LogP contribution in [-0.4, -0.2) is 10.2 Å². The molecule has 0 saturated heterocycles. The molecule has 4 rings (SSSR count). The SMILES string of the molecule is Brc1ccc2cc(-c3nnc(C4CCCC4)o3)ccc2c1. The fourth-order valence-corrected chi connectivity index (χ4v) is 3.42. The van der Waals surface area contributed by atoms with Gasteiger partial charge in [-0.3, -0.25) is 0 Å². The maximum atomic E-state index is 5.89. The second-order valence-electron chi connectivity index (χ2n) is 5.63. The van der Waals surface area contributed by atoms with E-state index >= 15 is 0 Å². The standard InChI is InChI=1S/C17H15BrN2O/c18-15-8-7-12-9-14(6-5-13(12)10-15)17-20-19-16(21-17)11-3-1-2-4-11/h5-11H,1-4H2. The van der Waals surface area contributed by atoms with Crippen LogP contribution in [0.2, 0.25) is 0 Å². The van der Waals surface area contributed by atoms with Crippen LogP contribution in [0.4, 0.5) is 0 Å². The first-order chi connectivity index (χ1) is 10.3. The zero-order chi connectivity index (χ0) is 14.2. The number of hydrogen-bond acceptors (Lipinski definition) is 3. The summed E-state index contributed by atoms with van der Waals surface area (Å²) in [5, 5.41) is 10.8. The molecule has 2 aromatic carbocycles. The Hall–Kier alpha value is -1.68. The Morgan fingerprint density at radius 1 is 0.952 bits per heavy atom. The van der Waals surface area contributed by atoms with Gasteiger partial charge in [0.2, 0.25) is 11.8 Å². The Balaban J connectivity index is 1.71. The summed E-state index contributed by atoms with van der Waals surface area (Å²) in [6, 6.07) is 12.5. The molecular formula is C17H15BrN2O. The van der Waals surface area contributed by atoms with Crippen LogP contribution >= 0.6 is 15.9 Å². The van der Waals surface area contributed by atoms with E-state index in [1.807, 2.05) is 12.1 Å². The molecule has 1 fully saturated rings. The molecule has 0 N–H and O–H groups in total. The summed E-state index contributed by atoms with van der Waals surface area (Å²) in [7, 11) is 0. The largest absolute Gasteiger partial charge is 0.420 e. The van der Waals surface area contributed by atoms with E-state index in [0.29, 0.717) is 11.8 Å². The van der Waals surface area contributed by atoms with E-state index in [1.165, 1.54) is 36.5 Å². The number of benzene rings is 2. The molecule has 0 bridgehead atoms. The highest BCUT2D eigenvalue weighted by Gasteiger charge is 2.23. The summed E-state index contributed by atoms with van der Waals surface area (Å²) in [5.41, 5.74) is 0.988. The van der Waals surface area contributed by atoms with Crippen LogP contribution in [0, 0.1) is 0 Å². The first-order valence-corrected chi connectivity index (χ1v) is 8.12. The molecule has 1 aliphatic carbocycles. The van der Waals surface area contributed by atoms with Crippen molar-refractivity contribution in [3.8, 4) is 11.5 Å².